The van der Waals surface area contributed by atoms with Crippen LogP contribution < -0.4 is 0 Å². The van der Waals surface area contributed by atoms with Crippen LogP contribution in [-0.2, 0) is 21.0 Å². The molecule has 8 heteroatoms. The van der Waals surface area contributed by atoms with Crippen molar-refractivity contribution in [1.82, 2.24) is 0 Å². The maximum atomic E-state index is 12.6. The quantitative estimate of drug-likeness (QED) is 0.758. The highest BCUT2D eigenvalue weighted by Crippen LogP contribution is 2.32. The lowest BCUT2D eigenvalue weighted by atomic mass is 10.1. The Hall–Kier alpha value is -0.600. The van der Waals surface area contributed by atoms with Gasteiger partial charge in [-0.1, -0.05) is 34.1 Å². The summed E-state index contributed by atoms with van der Waals surface area (Å²) in [4.78, 5) is -0.967. The summed E-state index contributed by atoms with van der Waals surface area (Å²) in [5.74, 6) is 0. The van der Waals surface area contributed by atoms with Crippen LogP contribution in [0.4, 0.5) is 13.2 Å². The predicted molar refractivity (Wildman–Crippen MR) is 68.0 cm³/mol. The van der Waals surface area contributed by atoms with Gasteiger partial charge in [0.25, 0.3) is 9.84 Å². The van der Waals surface area contributed by atoms with Crippen molar-refractivity contribution in [3.8, 4) is 0 Å². The molecule has 1 atom stereocenters. The molecule has 0 heterocycles. The Morgan fingerprint density at radius 2 is 1.89 bits per heavy atom. The molecule has 0 saturated heterocycles. The van der Waals surface area contributed by atoms with Crippen LogP contribution >= 0.6 is 15.9 Å². The molecule has 0 aliphatic rings. The molecular weight excluding hydrogens is 349 g/mol. The molecule has 0 amide bonds. The van der Waals surface area contributed by atoms with Crippen molar-refractivity contribution in [2.45, 2.75) is 21.7 Å². The molecule has 0 aliphatic heterocycles. The van der Waals surface area contributed by atoms with Gasteiger partial charge in [0.2, 0.25) is 0 Å². The van der Waals surface area contributed by atoms with Gasteiger partial charge in [-0.25, -0.2) is 8.42 Å². The van der Waals surface area contributed by atoms with Crippen LogP contribution in [0.2, 0.25) is 0 Å². The molecule has 19 heavy (non-hydrogen) atoms. The summed E-state index contributed by atoms with van der Waals surface area (Å²) in [6, 6.07) is 5.09. The standard InChI is InChI=1S/C11H12BrF3O3S/c1-18-7-9(12)6-8-4-2-3-5-10(8)19(16,17)11(13,14)15/h2-5,9H,6-7H2,1H3. The molecule has 1 rings (SSSR count). The molecular formula is C11H12BrF3O3S. The van der Waals surface area contributed by atoms with Gasteiger partial charge in [0.15, 0.2) is 0 Å². The fourth-order valence-corrected chi connectivity index (χ4v) is 3.15. The third kappa shape index (κ3) is 3.93. The van der Waals surface area contributed by atoms with Gasteiger partial charge in [-0.15, -0.1) is 0 Å². The molecule has 1 unspecified atom stereocenters. The largest absolute Gasteiger partial charge is 0.501 e. The fraction of sp³-hybridized carbons (Fsp3) is 0.455. The van der Waals surface area contributed by atoms with Gasteiger partial charge in [0.05, 0.1) is 11.5 Å². The Morgan fingerprint density at radius 3 is 2.42 bits per heavy atom. The van der Waals surface area contributed by atoms with E-state index in [1.807, 2.05) is 0 Å². The van der Waals surface area contributed by atoms with Crippen molar-refractivity contribution in [2.24, 2.45) is 0 Å². The normalized spacial score (nSPS) is 14.4. The Bertz CT molecular complexity index is 528. The van der Waals surface area contributed by atoms with E-state index < -0.39 is 20.2 Å². The maximum Gasteiger partial charge on any atom is 0.501 e. The number of benzene rings is 1. The average molecular weight is 361 g/mol. The predicted octanol–water partition coefficient (Wildman–Crippen LogP) is 2.93. The van der Waals surface area contributed by atoms with E-state index >= 15 is 0 Å². The van der Waals surface area contributed by atoms with Crippen LogP contribution in [0, 0.1) is 0 Å². The van der Waals surface area contributed by atoms with Crippen molar-refractivity contribution >= 4 is 25.8 Å². The molecule has 0 saturated carbocycles. The van der Waals surface area contributed by atoms with E-state index in [2.05, 4.69) is 15.9 Å². The second-order valence-corrected chi connectivity index (χ2v) is 7.02. The number of sulfone groups is 1. The van der Waals surface area contributed by atoms with Gasteiger partial charge in [-0.05, 0) is 18.1 Å². The first-order valence-corrected chi connectivity index (χ1v) is 7.62. The summed E-state index contributed by atoms with van der Waals surface area (Å²) in [7, 11) is -3.88. The van der Waals surface area contributed by atoms with Crippen molar-refractivity contribution < 1.29 is 26.3 Å². The molecule has 0 bridgehead atoms. The van der Waals surface area contributed by atoms with Gasteiger partial charge in [-0.3, -0.25) is 0 Å². The minimum absolute atomic E-state index is 0.110. The first kappa shape index (κ1) is 16.5. The molecule has 0 spiro atoms. The third-order valence-corrected chi connectivity index (χ3v) is 4.53. The highest BCUT2D eigenvalue weighted by molar-refractivity contribution is 9.09. The number of rotatable bonds is 5. The zero-order valence-corrected chi connectivity index (χ0v) is 12.3. The number of ether oxygens (including phenoxy) is 1. The molecule has 3 nitrogen and oxygen atoms in total. The van der Waals surface area contributed by atoms with Gasteiger partial charge in [0, 0.05) is 11.9 Å². The third-order valence-electron chi connectivity index (χ3n) is 2.36. The summed E-state index contributed by atoms with van der Waals surface area (Å²) in [5.41, 5.74) is -5.19. The van der Waals surface area contributed by atoms with Crippen LogP contribution in [0.25, 0.3) is 0 Å². The second-order valence-electron chi connectivity index (χ2n) is 3.81. The summed E-state index contributed by atoms with van der Waals surface area (Å²) in [6.07, 6.45) is 0.124. The van der Waals surface area contributed by atoms with E-state index in [4.69, 9.17) is 4.74 Å². The Morgan fingerprint density at radius 1 is 1.32 bits per heavy atom. The van der Waals surface area contributed by atoms with E-state index in [0.29, 0.717) is 0 Å². The van der Waals surface area contributed by atoms with Gasteiger partial charge in [0.1, 0.15) is 0 Å². The maximum absolute atomic E-state index is 12.6. The van der Waals surface area contributed by atoms with Gasteiger partial charge < -0.3 is 4.74 Å². The summed E-state index contributed by atoms with van der Waals surface area (Å²) in [6.45, 7) is 0.264. The lowest BCUT2D eigenvalue weighted by Gasteiger charge is -2.14. The Kier molecular flexibility index (Phi) is 5.40. The summed E-state index contributed by atoms with van der Waals surface area (Å²) >= 11 is 3.23. The molecule has 0 aliphatic carbocycles. The number of methoxy groups -OCH3 is 1. The van der Waals surface area contributed by atoms with Crippen molar-refractivity contribution in [3.63, 3.8) is 0 Å². The Balaban J connectivity index is 3.17. The Labute approximate surface area is 117 Å². The molecule has 0 fully saturated rings. The van der Waals surface area contributed by atoms with E-state index in [-0.39, 0.29) is 23.4 Å². The highest BCUT2D eigenvalue weighted by atomic mass is 79.9. The first-order chi connectivity index (χ1) is 8.70. The van der Waals surface area contributed by atoms with Crippen LogP contribution in [-0.4, -0.2) is 32.5 Å². The van der Waals surface area contributed by atoms with Crippen LogP contribution in [0.5, 0.6) is 0 Å². The number of halogens is 4. The minimum Gasteiger partial charge on any atom is -0.384 e. The van der Waals surface area contributed by atoms with Gasteiger partial charge >= 0.3 is 5.51 Å². The van der Waals surface area contributed by atoms with E-state index in [1.54, 1.807) is 0 Å². The molecule has 1 aromatic carbocycles. The van der Waals surface area contributed by atoms with E-state index in [9.17, 15) is 21.6 Å². The molecule has 108 valence electrons. The average Bonchev–Trinajstić information content (AvgIpc) is 2.28. The zero-order chi connectivity index (χ0) is 14.7. The monoisotopic (exact) mass is 360 g/mol. The summed E-state index contributed by atoms with van der Waals surface area (Å²) < 4.78 is 65.4. The number of alkyl halides is 4. The lowest BCUT2D eigenvalue weighted by Crippen LogP contribution is -2.25. The second kappa shape index (κ2) is 6.23. The SMILES string of the molecule is COCC(Br)Cc1ccccc1S(=O)(=O)C(F)(F)F. The minimum atomic E-state index is -5.33. The van der Waals surface area contributed by atoms with Crippen molar-refractivity contribution in [1.29, 1.82) is 0 Å². The highest BCUT2D eigenvalue weighted by Gasteiger charge is 2.47. The zero-order valence-electron chi connectivity index (χ0n) is 9.95. The van der Waals surface area contributed by atoms with Gasteiger partial charge in [-0.2, -0.15) is 13.2 Å². The number of hydrogen-bond donors (Lipinski definition) is 0. The van der Waals surface area contributed by atoms with Crippen molar-refractivity contribution in [3.05, 3.63) is 29.8 Å². The van der Waals surface area contributed by atoms with E-state index in [1.165, 1.54) is 25.3 Å². The smallest absolute Gasteiger partial charge is 0.384 e. The summed E-state index contributed by atoms with van der Waals surface area (Å²) in [5, 5.41) is 0. The molecule has 1 aromatic rings. The van der Waals surface area contributed by atoms with Crippen molar-refractivity contribution in [2.75, 3.05) is 13.7 Å². The molecule has 0 N–H and O–H groups in total. The lowest BCUT2D eigenvalue weighted by molar-refractivity contribution is -0.0436. The molecule has 0 radical (unpaired) electrons. The fourth-order valence-electron chi connectivity index (χ4n) is 1.54. The molecule has 0 aromatic heterocycles. The van der Waals surface area contributed by atoms with Crippen LogP contribution in [0.15, 0.2) is 29.2 Å². The first-order valence-electron chi connectivity index (χ1n) is 5.22. The number of hydrogen-bond acceptors (Lipinski definition) is 3. The topological polar surface area (TPSA) is 43.4 Å². The van der Waals surface area contributed by atoms with Crippen LogP contribution in [0.3, 0.4) is 0 Å². The van der Waals surface area contributed by atoms with E-state index in [0.717, 1.165) is 6.07 Å². The van der Waals surface area contributed by atoms with Crippen LogP contribution in [0.1, 0.15) is 5.56 Å².